The van der Waals surface area contributed by atoms with Crippen LogP contribution in [0.2, 0.25) is 0 Å². The minimum atomic E-state index is -0.0565. The first-order valence-electron chi connectivity index (χ1n) is 12.1. The van der Waals surface area contributed by atoms with Gasteiger partial charge in [0.2, 0.25) is 5.91 Å². The number of methoxy groups -OCH3 is 2. The van der Waals surface area contributed by atoms with E-state index in [-0.39, 0.29) is 23.8 Å². The van der Waals surface area contributed by atoms with E-state index in [1.165, 1.54) is 5.56 Å². The molecule has 0 spiro atoms. The lowest BCUT2D eigenvalue weighted by molar-refractivity contribution is -0.141. The molecule has 0 saturated carbocycles. The topological polar surface area (TPSA) is 67.3 Å². The number of likely N-dealkylation sites (tertiary alicyclic amines) is 1. The minimum absolute atomic E-state index is 0.0565. The van der Waals surface area contributed by atoms with Crippen molar-refractivity contribution in [2.24, 2.45) is 16.9 Å². The van der Waals surface area contributed by atoms with Gasteiger partial charge in [0.1, 0.15) is 0 Å². The molecule has 34 heavy (non-hydrogen) atoms. The third-order valence-electron chi connectivity index (χ3n) is 7.25. The average molecular weight is 461 g/mol. The molecule has 2 aromatic rings. The molecule has 3 aliphatic rings. The van der Waals surface area contributed by atoms with Crippen LogP contribution in [0.15, 0.2) is 60.0 Å². The Kier molecular flexibility index (Phi) is 6.63. The van der Waals surface area contributed by atoms with Crippen molar-refractivity contribution < 1.29 is 14.3 Å². The van der Waals surface area contributed by atoms with Gasteiger partial charge in [-0.3, -0.25) is 14.7 Å². The second-order valence-electron chi connectivity index (χ2n) is 9.26. The summed E-state index contributed by atoms with van der Waals surface area (Å²) in [5, 5.41) is 6.84. The van der Waals surface area contributed by atoms with Crippen molar-refractivity contribution in [1.29, 1.82) is 0 Å². The SMILES string of the molecule is COc1ccc(C2=NN(C3CCN(Cc4cccnc4)CC3)C(=O)C3CC=CCC23)cc1OC. The largest absolute Gasteiger partial charge is 0.493 e. The molecule has 1 aromatic carbocycles. The number of fused-ring (bicyclic) bond motifs is 1. The number of hydrazone groups is 1. The molecule has 0 bridgehead atoms. The lowest BCUT2D eigenvalue weighted by Crippen LogP contribution is -2.52. The van der Waals surface area contributed by atoms with Gasteiger partial charge in [-0.1, -0.05) is 18.2 Å². The van der Waals surface area contributed by atoms with Crippen LogP contribution in [0, 0.1) is 11.8 Å². The maximum atomic E-state index is 13.6. The van der Waals surface area contributed by atoms with E-state index in [1.807, 2.05) is 35.5 Å². The lowest BCUT2D eigenvalue weighted by Gasteiger charge is -2.42. The van der Waals surface area contributed by atoms with Crippen LogP contribution in [-0.2, 0) is 11.3 Å². The zero-order valence-electron chi connectivity index (χ0n) is 19.9. The summed E-state index contributed by atoms with van der Waals surface area (Å²) >= 11 is 0. The van der Waals surface area contributed by atoms with E-state index in [2.05, 4.69) is 28.1 Å². The van der Waals surface area contributed by atoms with Crippen LogP contribution < -0.4 is 9.47 Å². The molecule has 1 saturated heterocycles. The Bertz CT molecular complexity index is 1080. The molecule has 2 unspecified atom stereocenters. The van der Waals surface area contributed by atoms with Crippen molar-refractivity contribution in [2.45, 2.75) is 38.3 Å². The summed E-state index contributed by atoms with van der Waals surface area (Å²) in [5.41, 5.74) is 3.20. The summed E-state index contributed by atoms with van der Waals surface area (Å²) in [5.74, 6) is 1.58. The number of ether oxygens (including phenoxy) is 2. The van der Waals surface area contributed by atoms with Crippen molar-refractivity contribution in [3.05, 3.63) is 66.0 Å². The maximum Gasteiger partial charge on any atom is 0.247 e. The normalized spacial score (nSPS) is 23.4. The molecule has 2 aliphatic heterocycles. The minimum Gasteiger partial charge on any atom is -0.493 e. The number of carbonyl (C=O) groups excluding carboxylic acids is 1. The Hall–Kier alpha value is -3.19. The van der Waals surface area contributed by atoms with E-state index in [4.69, 9.17) is 14.6 Å². The van der Waals surface area contributed by atoms with E-state index in [9.17, 15) is 4.79 Å². The van der Waals surface area contributed by atoms with Gasteiger partial charge < -0.3 is 9.47 Å². The lowest BCUT2D eigenvalue weighted by atomic mass is 9.76. The van der Waals surface area contributed by atoms with Gasteiger partial charge >= 0.3 is 0 Å². The molecular formula is C27H32N4O3. The van der Waals surface area contributed by atoms with Crippen LogP contribution in [0.25, 0.3) is 0 Å². The molecule has 1 fully saturated rings. The molecule has 0 radical (unpaired) electrons. The summed E-state index contributed by atoms with van der Waals surface area (Å²) in [7, 11) is 3.28. The molecule has 2 atom stereocenters. The molecule has 0 N–H and O–H groups in total. The Morgan fingerprint density at radius 3 is 2.47 bits per heavy atom. The Morgan fingerprint density at radius 1 is 1.00 bits per heavy atom. The number of piperidine rings is 1. The van der Waals surface area contributed by atoms with Gasteiger partial charge in [-0.2, -0.15) is 5.10 Å². The van der Waals surface area contributed by atoms with Crippen LogP contribution >= 0.6 is 0 Å². The number of carbonyl (C=O) groups is 1. The number of nitrogens with zero attached hydrogens (tertiary/aromatic N) is 4. The Labute approximate surface area is 201 Å². The first-order valence-corrected chi connectivity index (χ1v) is 12.1. The number of amides is 1. The highest BCUT2D eigenvalue weighted by molar-refractivity contribution is 6.07. The third kappa shape index (κ3) is 4.44. The summed E-state index contributed by atoms with van der Waals surface area (Å²) in [4.78, 5) is 20.2. The molecular weight excluding hydrogens is 428 g/mol. The summed E-state index contributed by atoms with van der Waals surface area (Å²) < 4.78 is 11.0. The van der Waals surface area contributed by atoms with Gasteiger partial charge in [-0.05, 0) is 55.5 Å². The highest BCUT2D eigenvalue weighted by atomic mass is 16.5. The second-order valence-corrected chi connectivity index (χ2v) is 9.26. The second kappa shape index (κ2) is 9.97. The van der Waals surface area contributed by atoms with Gasteiger partial charge in [0.25, 0.3) is 0 Å². The smallest absolute Gasteiger partial charge is 0.247 e. The van der Waals surface area contributed by atoms with Crippen molar-refractivity contribution >= 4 is 11.6 Å². The van der Waals surface area contributed by atoms with E-state index >= 15 is 0 Å². The third-order valence-corrected chi connectivity index (χ3v) is 7.25. The van der Waals surface area contributed by atoms with Crippen molar-refractivity contribution in [3.63, 3.8) is 0 Å². The average Bonchev–Trinajstić information content (AvgIpc) is 2.90. The monoisotopic (exact) mass is 460 g/mol. The first kappa shape index (κ1) is 22.6. The van der Waals surface area contributed by atoms with Crippen molar-refractivity contribution in [1.82, 2.24) is 14.9 Å². The highest BCUT2D eigenvalue weighted by Gasteiger charge is 2.42. The van der Waals surface area contributed by atoms with Crippen LogP contribution in [0.4, 0.5) is 0 Å². The maximum absolute atomic E-state index is 13.6. The van der Waals surface area contributed by atoms with E-state index in [0.29, 0.717) is 11.5 Å². The van der Waals surface area contributed by atoms with Crippen molar-refractivity contribution in [2.75, 3.05) is 27.3 Å². The molecule has 7 heteroatoms. The number of hydrogen-bond acceptors (Lipinski definition) is 6. The fraction of sp³-hybridized carbons (Fsp3) is 0.444. The molecule has 1 amide bonds. The predicted octanol–water partition coefficient (Wildman–Crippen LogP) is 3.89. The number of rotatable bonds is 6. The quantitative estimate of drug-likeness (QED) is 0.612. The number of pyridine rings is 1. The van der Waals surface area contributed by atoms with E-state index < -0.39 is 0 Å². The molecule has 3 heterocycles. The number of benzene rings is 1. The van der Waals surface area contributed by atoms with Gasteiger partial charge in [-0.25, -0.2) is 5.01 Å². The van der Waals surface area contributed by atoms with Gasteiger partial charge in [0.05, 0.1) is 31.9 Å². The van der Waals surface area contributed by atoms with Crippen LogP contribution in [0.1, 0.15) is 36.8 Å². The fourth-order valence-electron chi connectivity index (χ4n) is 5.40. The standard InChI is InChI=1S/C27H32N4O3/c1-33-24-10-9-20(16-25(24)34-2)26-22-7-3-4-8-23(22)27(32)31(29-26)21-11-14-30(15-12-21)18-19-6-5-13-28-17-19/h3-6,9-10,13,16-17,21-23H,7-8,11-12,14-15,18H2,1-2H3. The number of allylic oxidation sites excluding steroid dienone is 2. The Balaban J connectivity index is 1.38. The van der Waals surface area contributed by atoms with Gasteiger partial charge in [0, 0.05) is 43.5 Å². The van der Waals surface area contributed by atoms with Crippen LogP contribution in [0.5, 0.6) is 11.5 Å². The van der Waals surface area contributed by atoms with Crippen LogP contribution in [0.3, 0.4) is 0 Å². The molecule has 1 aliphatic carbocycles. The molecule has 1 aromatic heterocycles. The summed E-state index contributed by atoms with van der Waals surface area (Å²) in [6.07, 6.45) is 11.5. The summed E-state index contributed by atoms with van der Waals surface area (Å²) in [6, 6.07) is 10.1. The van der Waals surface area contributed by atoms with E-state index in [0.717, 1.165) is 56.6 Å². The predicted molar refractivity (Wildman–Crippen MR) is 131 cm³/mol. The fourth-order valence-corrected chi connectivity index (χ4v) is 5.40. The number of aromatic nitrogens is 1. The van der Waals surface area contributed by atoms with Crippen molar-refractivity contribution in [3.8, 4) is 11.5 Å². The van der Waals surface area contributed by atoms with Crippen LogP contribution in [-0.4, -0.2) is 59.9 Å². The zero-order valence-corrected chi connectivity index (χ0v) is 19.9. The molecule has 5 rings (SSSR count). The van der Waals surface area contributed by atoms with Gasteiger partial charge in [0.15, 0.2) is 11.5 Å². The zero-order chi connectivity index (χ0) is 23.5. The Morgan fingerprint density at radius 2 is 1.76 bits per heavy atom. The highest BCUT2D eigenvalue weighted by Crippen LogP contribution is 2.38. The molecule has 178 valence electrons. The molecule has 7 nitrogen and oxygen atoms in total. The number of hydrogen-bond donors (Lipinski definition) is 0. The van der Waals surface area contributed by atoms with E-state index in [1.54, 1.807) is 20.4 Å². The first-order chi connectivity index (χ1) is 16.7. The van der Waals surface area contributed by atoms with Gasteiger partial charge in [-0.15, -0.1) is 0 Å². The summed E-state index contributed by atoms with van der Waals surface area (Å²) in [6.45, 7) is 2.78.